The molecule has 0 amide bonds. The van der Waals surface area contributed by atoms with E-state index in [2.05, 4.69) is 14.5 Å². The SMILES string of the molecule is COc1cc(C(=O)Cl)c([N+](=O)[O-])c(OC(F)(F)F)n1. The summed E-state index contributed by atoms with van der Waals surface area (Å²) in [6, 6.07) is 0.733. The summed E-state index contributed by atoms with van der Waals surface area (Å²) in [7, 11) is 1.04. The summed E-state index contributed by atoms with van der Waals surface area (Å²) >= 11 is 5.06. The summed E-state index contributed by atoms with van der Waals surface area (Å²) in [5.41, 5.74) is -2.11. The molecule has 0 aliphatic rings. The number of methoxy groups -OCH3 is 1. The fourth-order valence-corrected chi connectivity index (χ4v) is 1.25. The van der Waals surface area contributed by atoms with E-state index in [1.165, 1.54) is 0 Å². The van der Waals surface area contributed by atoms with E-state index in [4.69, 9.17) is 11.6 Å². The highest BCUT2D eigenvalue weighted by Crippen LogP contribution is 2.36. The molecule has 104 valence electrons. The standard InChI is InChI=1S/C8H4ClF3N2O5/c1-18-4-2-3(6(9)15)5(14(16)17)7(13-4)19-8(10,11)12/h2H,1H3. The second-order valence-corrected chi connectivity index (χ2v) is 3.29. The average molecular weight is 301 g/mol. The Balaban J connectivity index is 3.53. The number of carbonyl (C=O) groups is 1. The van der Waals surface area contributed by atoms with Crippen LogP contribution in [0, 0.1) is 10.1 Å². The van der Waals surface area contributed by atoms with E-state index >= 15 is 0 Å². The summed E-state index contributed by atoms with van der Waals surface area (Å²) in [6.45, 7) is 0. The highest BCUT2D eigenvalue weighted by atomic mass is 35.5. The Labute approximate surface area is 108 Å². The first-order chi connectivity index (χ1) is 8.65. The van der Waals surface area contributed by atoms with Crippen LogP contribution < -0.4 is 9.47 Å². The Bertz CT molecular complexity index is 534. The fourth-order valence-electron chi connectivity index (χ4n) is 1.10. The van der Waals surface area contributed by atoms with Gasteiger partial charge in [0.1, 0.15) is 5.56 Å². The van der Waals surface area contributed by atoms with E-state index in [1.54, 1.807) is 0 Å². The molecule has 0 radical (unpaired) electrons. The minimum Gasteiger partial charge on any atom is -0.481 e. The molecule has 7 nitrogen and oxygen atoms in total. The molecular weight excluding hydrogens is 297 g/mol. The number of nitrogens with zero attached hydrogens (tertiary/aromatic N) is 2. The molecule has 0 atom stereocenters. The number of pyridine rings is 1. The van der Waals surface area contributed by atoms with Gasteiger partial charge in [0.25, 0.3) is 5.24 Å². The van der Waals surface area contributed by atoms with Crippen molar-refractivity contribution in [3.8, 4) is 11.8 Å². The predicted molar refractivity (Wildman–Crippen MR) is 54.3 cm³/mol. The zero-order chi connectivity index (χ0) is 14.8. The van der Waals surface area contributed by atoms with E-state index in [1.807, 2.05) is 0 Å². The maximum absolute atomic E-state index is 12.1. The van der Waals surface area contributed by atoms with E-state index in [0.29, 0.717) is 0 Å². The molecule has 0 saturated heterocycles. The third-order valence-corrected chi connectivity index (χ3v) is 1.96. The molecule has 0 unspecified atom stereocenters. The first-order valence-corrected chi connectivity index (χ1v) is 4.72. The van der Waals surface area contributed by atoms with Crippen molar-refractivity contribution in [3.05, 3.63) is 21.7 Å². The molecule has 0 aliphatic carbocycles. The van der Waals surface area contributed by atoms with Crippen LogP contribution in [0.4, 0.5) is 18.9 Å². The molecule has 0 N–H and O–H groups in total. The van der Waals surface area contributed by atoms with E-state index < -0.39 is 39.5 Å². The first-order valence-electron chi connectivity index (χ1n) is 4.34. The Morgan fingerprint density at radius 2 is 2.11 bits per heavy atom. The van der Waals surface area contributed by atoms with Gasteiger partial charge in [0.2, 0.25) is 5.88 Å². The van der Waals surface area contributed by atoms with Gasteiger partial charge in [0, 0.05) is 6.07 Å². The Kier molecular flexibility index (Phi) is 4.14. The summed E-state index contributed by atoms with van der Waals surface area (Å²) in [5.74, 6) is -1.92. The number of carbonyl (C=O) groups excluding carboxylic acids is 1. The van der Waals surface area contributed by atoms with Gasteiger partial charge >= 0.3 is 17.9 Å². The minimum atomic E-state index is -5.23. The predicted octanol–water partition coefficient (Wildman–Crippen LogP) is 2.28. The number of rotatable bonds is 4. The number of halogens is 4. The van der Waals surface area contributed by atoms with Gasteiger partial charge in [-0.25, -0.2) is 0 Å². The van der Waals surface area contributed by atoms with Crippen molar-refractivity contribution in [2.24, 2.45) is 0 Å². The van der Waals surface area contributed by atoms with Crippen LogP contribution in [-0.2, 0) is 0 Å². The normalized spacial score (nSPS) is 11.0. The summed E-state index contributed by atoms with van der Waals surface area (Å²) in [4.78, 5) is 23.6. The van der Waals surface area contributed by atoms with Crippen LogP contribution in [0.25, 0.3) is 0 Å². The summed E-state index contributed by atoms with van der Waals surface area (Å²) < 4.78 is 44.2. The van der Waals surface area contributed by atoms with Gasteiger partial charge in [-0.3, -0.25) is 14.9 Å². The smallest absolute Gasteiger partial charge is 0.481 e. The lowest BCUT2D eigenvalue weighted by Crippen LogP contribution is -2.19. The maximum atomic E-state index is 12.1. The number of hydrogen-bond acceptors (Lipinski definition) is 6. The summed E-state index contributed by atoms with van der Waals surface area (Å²) in [5, 5.41) is 9.35. The molecule has 0 aromatic carbocycles. The number of aromatic nitrogens is 1. The van der Waals surface area contributed by atoms with Crippen LogP contribution >= 0.6 is 11.6 Å². The van der Waals surface area contributed by atoms with Crippen molar-refractivity contribution in [1.29, 1.82) is 0 Å². The topological polar surface area (TPSA) is 91.6 Å². The van der Waals surface area contributed by atoms with E-state index in [0.717, 1.165) is 13.2 Å². The molecule has 1 aromatic rings. The molecule has 0 saturated carbocycles. The van der Waals surface area contributed by atoms with Gasteiger partial charge in [-0.05, 0) is 11.6 Å². The zero-order valence-electron chi connectivity index (χ0n) is 9.02. The molecule has 0 aliphatic heterocycles. The van der Waals surface area contributed by atoms with Gasteiger partial charge in [0.05, 0.1) is 12.0 Å². The van der Waals surface area contributed by atoms with E-state index in [-0.39, 0.29) is 0 Å². The Hall–Kier alpha value is -2.10. The van der Waals surface area contributed by atoms with Crippen LogP contribution in [0.1, 0.15) is 10.4 Å². The molecular formula is C8H4ClF3N2O5. The molecule has 19 heavy (non-hydrogen) atoms. The van der Waals surface area contributed by atoms with Crippen LogP contribution in [-0.4, -0.2) is 28.6 Å². The van der Waals surface area contributed by atoms with Crippen molar-refractivity contribution in [1.82, 2.24) is 4.98 Å². The Morgan fingerprint density at radius 3 is 2.47 bits per heavy atom. The van der Waals surface area contributed by atoms with Crippen molar-refractivity contribution in [2.75, 3.05) is 7.11 Å². The van der Waals surface area contributed by atoms with Crippen molar-refractivity contribution in [3.63, 3.8) is 0 Å². The molecule has 1 rings (SSSR count). The van der Waals surface area contributed by atoms with Crippen LogP contribution in [0.2, 0.25) is 0 Å². The third-order valence-electron chi connectivity index (χ3n) is 1.75. The molecule has 0 bridgehead atoms. The largest absolute Gasteiger partial charge is 0.574 e. The van der Waals surface area contributed by atoms with Crippen LogP contribution in [0.15, 0.2) is 6.07 Å². The van der Waals surface area contributed by atoms with Crippen LogP contribution in [0.5, 0.6) is 11.8 Å². The van der Waals surface area contributed by atoms with Gasteiger partial charge < -0.3 is 9.47 Å². The quantitative estimate of drug-likeness (QED) is 0.481. The number of alkyl halides is 3. The molecule has 1 aromatic heterocycles. The van der Waals surface area contributed by atoms with Crippen LogP contribution in [0.3, 0.4) is 0 Å². The Morgan fingerprint density at radius 1 is 1.53 bits per heavy atom. The van der Waals surface area contributed by atoms with Gasteiger partial charge in [-0.2, -0.15) is 4.98 Å². The lowest BCUT2D eigenvalue weighted by atomic mass is 10.2. The number of nitro groups is 1. The van der Waals surface area contributed by atoms with Crippen molar-refractivity contribution >= 4 is 22.5 Å². The second-order valence-electron chi connectivity index (χ2n) is 2.94. The van der Waals surface area contributed by atoms with Gasteiger partial charge in [-0.15, -0.1) is 13.2 Å². The molecule has 1 heterocycles. The highest BCUT2D eigenvalue weighted by molar-refractivity contribution is 6.68. The lowest BCUT2D eigenvalue weighted by Gasteiger charge is -2.10. The number of ether oxygens (including phenoxy) is 2. The second kappa shape index (κ2) is 5.26. The lowest BCUT2D eigenvalue weighted by molar-refractivity contribution is -0.389. The average Bonchev–Trinajstić information content (AvgIpc) is 2.24. The van der Waals surface area contributed by atoms with Gasteiger partial charge in [0.15, 0.2) is 0 Å². The summed E-state index contributed by atoms with van der Waals surface area (Å²) in [6.07, 6.45) is -5.23. The maximum Gasteiger partial charge on any atom is 0.574 e. The first kappa shape index (κ1) is 15.0. The minimum absolute atomic E-state index is 0.492. The molecule has 0 spiro atoms. The highest BCUT2D eigenvalue weighted by Gasteiger charge is 2.38. The van der Waals surface area contributed by atoms with Crippen molar-refractivity contribution in [2.45, 2.75) is 6.36 Å². The molecule has 0 fully saturated rings. The zero-order valence-corrected chi connectivity index (χ0v) is 9.78. The molecule has 11 heteroatoms. The monoisotopic (exact) mass is 300 g/mol. The van der Waals surface area contributed by atoms with E-state index in [9.17, 15) is 28.1 Å². The third kappa shape index (κ3) is 3.68. The fraction of sp³-hybridized carbons (Fsp3) is 0.250. The number of hydrogen-bond donors (Lipinski definition) is 0. The van der Waals surface area contributed by atoms with Gasteiger partial charge in [-0.1, -0.05) is 0 Å². The van der Waals surface area contributed by atoms with Crippen molar-refractivity contribution < 1.29 is 32.4 Å².